The summed E-state index contributed by atoms with van der Waals surface area (Å²) in [4.78, 5) is 3.72. The maximum Gasteiger partial charge on any atom is 0.400 e. The first-order chi connectivity index (χ1) is 5.56. The third-order valence-electron chi connectivity index (χ3n) is 2.13. The lowest BCUT2D eigenvalue weighted by molar-refractivity contribution is -0.160. The Hall–Kier alpha value is -0.580. The Morgan fingerprint density at radius 1 is 1.42 bits per heavy atom. The van der Waals surface area contributed by atoms with Crippen LogP contribution in [0.3, 0.4) is 0 Å². The summed E-state index contributed by atoms with van der Waals surface area (Å²) in [5, 5.41) is 1.80. The zero-order valence-electron chi connectivity index (χ0n) is 6.06. The van der Waals surface area contributed by atoms with Gasteiger partial charge in [0.1, 0.15) is 10.4 Å². The first-order valence-corrected chi connectivity index (χ1v) is 4.41. The van der Waals surface area contributed by atoms with Crippen molar-refractivity contribution in [3.63, 3.8) is 0 Å². The van der Waals surface area contributed by atoms with Gasteiger partial charge in [0, 0.05) is 11.6 Å². The zero-order valence-corrected chi connectivity index (χ0v) is 6.87. The molecule has 0 aromatic carbocycles. The molecule has 0 spiro atoms. The molecule has 0 amide bonds. The second kappa shape index (κ2) is 2.22. The van der Waals surface area contributed by atoms with Crippen LogP contribution >= 0.6 is 11.3 Å². The summed E-state index contributed by atoms with van der Waals surface area (Å²) < 4.78 is 37.3. The van der Waals surface area contributed by atoms with Crippen molar-refractivity contribution in [2.24, 2.45) is 0 Å². The maximum absolute atomic E-state index is 12.4. The number of thiazole rings is 1. The monoisotopic (exact) mass is 193 g/mol. The van der Waals surface area contributed by atoms with Gasteiger partial charge < -0.3 is 0 Å². The van der Waals surface area contributed by atoms with Crippen molar-refractivity contribution < 1.29 is 13.2 Å². The quantitative estimate of drug-likeness (QED) is 0.668. The number of rotatable bonds is 1. The van der Waals surface area contributed by atoms with Crippen LogP contribution in [0.4, 0.5) is 13.2 Å². The van der Waals surface area contributed by atoms with Gasteiger partial charge in [-0.05, 0) is 12.8 Å². The highest BCUT2D eigenvalue weighted by atomic mass is 32.1. The van der Waals surface area contributed by atoms with Crippen LogP contribution in [0, 0.1) is 0 Å². The van der Waals surface area contributed by atoms with Gasteiger partial charge in [0.15, 0.2) is 0 Å². The van der Waals surface area contributed by atoms with Crippen molar-refractivity contribution >= 4 is 11.3 Å². The molecular formula is C7H6F3NS. The van der Waals surface area contributed by atoms with E-state index in [1.165, 1.54) is 6.20 Å². The fourth-order valence-corrected chi connectivity index (χ4v) is 2.12. The molecule has 1 aliphatic carbocycles. The molecule has 12 heavy (non-hydrogen) atoms. The molecule has 0 N–H and O–H groups in total. The maximum atomic E-state index is 12.4. The van der Waals surface area contributed by atoms with E-state index in [0.29, 0.717) is 0 Å². The molecule has 0 bridgehead atoms. The van der Waals surface area contributed by atoms with E-state index in [0.717, 1.165) is 11.3 Å². The van der Waals surface area contributed by atoms with E-state index in [1.807, 2.05) is 0 Å². The molecule has 1 aromatic rings. The molecule has 1 nitrogen and oxygen atoms in total. The summed E-state index contributed by atoms with van der Waals surface area (Å²) in [6, 6.07) is 0. The first-order valence-electron chi connectivity index (χ1n) is 3.53. The van der Waals surface area contributed by atoms with Crippen LogP contribution in [0.5, 0.6) is 0 Å². The first kappa shape index (κ1) is 8.04. The van der Waals surface area contributed by atoms with E-state index in [2.05, 4.69) is 4.98 Å². The number of nitrogens with zero attached hydrogens (tertiary/aromatic N) is 1. The van der Waals surface area contributed by atoms with Gasteiger partial charge in [-0.3, -0.25) is 0 Å². The summed E-state index contributed by atoms with van der Waals surface area (Å²) >= 11 is 1.09. The third kappa shape index (κ3) is 0.957. The molecule has 2 rings (SSSR count). The summed E-state index contributed by atoms with van der Waals surface area (Å²) in [5.41, 5.74) is -1.58. The Labute approximate surface area is 71.2 Å². The number of hydrogen-bond donors (Lipinski definition) is 0. The molecule has 0 atom stereocenters. The molecule has 1 aliphatic rings. The molecule has 0 unspecified atom stereocenters. The van der Waals surface area contributed by atoms with Gasteiger partial charge in [-0.15, -0.1) is 11.3 Å². The number of aromatic nitrogens is 1. The Kier molecular flexibility index (Phi) is 1.49. The summed E-state index contributed by atoms with van der Waals surface area (Å²) in [7, 11) is 0. The van der Waals surface area contributed by atoms with Crippen molar-refractivity contribution in [3.05, 3.63) is 16.6 Å². The van der Waals surface area contributed by atoms with Crippen LogP contribution in [0.15, 0.2) is 11.6 Å². The average Bonchev–Trinajstić information content (AvgIpc) is 2.61. The Morgan fingerprint density at radius 3 is 2.42 bits per heavy atom. The van der Waals surface area contributed by atoms with Gasteiger partial charge >= 0.3 is 6.18 Å². The van der Waals surface area contributed by atoms with Gasteiger partial charge in [0.2, 0.25) is 0 Å². The van der Waals surface area contributed by atoms with Crippen LogP contribution in [-0.2, 0) is 5.41 Å². The van der Waals surface area contributed by atoms with E-state index < -0.39 is 11.6 Å². The van der Waals surface area contributed by atoms with Crippen molar-refractivity contribution in [1.29, 1.82) is 0 Å². The highest BCUT2D eigenvalue weighted by Crippen LogP contribution is 2.59. The fourth-order valence-electron chi connectivity index (χ4n) is 1.20. The van der Waals surface area contributed by atoms with Gasteiger partial charge in [0.05, 0.1) is 0 Å². The molecule has 0 aliphatic heterocycles. The van der Waals surface area contributed by atoms with Gasteiger partial charge in [-0.25, -0.2) is 4.98 Å². The standard InChI is InChI=1S/C7H6F3NS/c8-7(9,10)6(1-2-6)5-11-3-4-12-5/h3-4H,1-2H2. The minimum Gasteiger partial charge on any atom is -0.249 e. The van der Waals surface area contributed by atoms with E-state index in [9.17, 15) is 13.2 Å². The predicted molar refractivity (Wildman–Crippen MR) is 39.1 cm³/mol. The van der Waals surface area contributed by atoms with Gasteiger partial charge in [-0.2, -0.15) is 13.2 Å². The summed E-state index contributed by atoms with van der Waals surface area (Å²) in [6.07, 6.45) is -2.30. The Morgan fingerprint density at radius 2 is 2.08 bits per heavy atom. The summed E-state index contributed by atoms with van der Waals surface area (Å²) in [6.45, 7) is 0. The van der Waals surface area contributed by atoms with Crippen LogP contribution < -0.4 is 0 Å². The molecule has 66 valence electrons. The smallest absolute Gasteiger partial charge is 0.249 e. The van der Waals surface area contributed by atoms with Crippen LogP contribution in [0.2, 0.25) is 0 Å². The minimum atomic E-state index is -4.12. The second-order valence-corrected chi connectivity index (χ2v) is 3.81. The Balaban J connectivity index is 2.35. The molecule has 1 fully saturated rings. The van der Waals surface area contributed by atoms with Crippen molar-refractivity contribution in [2.75, 3.05) is 0 Å². The molecule has 0 radical (unpaired) electrons. The van der Waals surface area contributed by atoms with E-state index >= 15 is 0 Å². The van der Waals surface area contributed by atoms with E-state index in [4.69, 9.17) is 0 Å². The lowest BCUT2D eigenvalue weighted by Gasteiger charge is -2.15. The van der Waals surface area contributed by atoms with Crippen molar-refractivity contribution in [1.82, 2.24) is 4.98 Å². The molecule has 1 saturated carbocycles. The highest BCUT2D eigenvalue weighted by molar-refractivity contribution is 7.09. The summed E-state index contributed by atoms with van der Waals surface area (Å²) in [5.74, 6) is 0. The van der Waals surface area contributed by atoms with Crippen LogP contribution in [-0.4, -0.2) is 11.2 Å². The third-order valence-corrected chi connectivity index (χ3v) is 3.11. The topological polar surface area (TPSA) is 12.9 Å². The fraction of sp³-hybridized carbons (Fsp3) is 0.571. The predicted octanol–water partition coefficient (Wildman–Crippen LogP) is 2.74. The average molecular weight is 193 g/mol. The lowest BCUT2D eigenvalue weighted by Crippen LogP contribution is -2.28. The lowest BCUT2D eigenvalue weighted by atomic mass is 10.1. The molecule has 1 heterocycles. The van der Waals surface area contributed by atoms with Gasteiger partial charge in [0.25, 0.3) is 0 Å². The minimum absolute atomic E-state index is 0.198. The van der Waals surface area contributed by atoms with Crippen LogP contribution in [0.25, 0.3) is 0 Å². The molecular weight excluding hydrogens is 187 g/mol. The number of halogens is 3. The molecule has 1 aromatic heterocycles. The molecule has 5 heteroatoms. The number of hydrogen-bond acceptors (Lipinski definition) is 2. The number of alkyl halides is 3. The zero-order chi connectivity index (χ0) is 8.82. The van der Waals surface area contributed by atoms with Crippen molar-refractivity contribution in [2.45, 2.75) is 24.4 Å². The Bertz CT molecular complexity index is 273. The van der Waals surface area contributed by atoms with E-state index in [1.54, 1.807) is 5.38 Å². The molecule has 0 saturated heterocycles. The van der Waals surface area contributed by atoms with Crippen molar-refractivity contribution in [3.8, 4) is 0 Å². The SMILES string of the molecule is FC(F)(F)C1(c2nccs2)CC1. The largest absolute Gasteiger partial charge is 0.400 e. The normalized spacial score (nSPS) is 20.9. The van der Waals surface area contributed by atoms with Gasteiger partial charge in [-0.1, -0.05) is 0 Å². The van der Waals surface area contributed by atoms with E-state index in [-0.39, 0.29) is 17.8 Å². The van der Waals surface area contributed by atoms with Crippen LogP contribution in [0.1, 0.15) is 17.8 Å². The second-order valence-electron chi connectivity index (χ2n) is 2.92. The highest BCUT2D eigenvalue weighted by Gasteiger charge is 2.65.